The Morgan fingerprint density at radius 1 is 1.00 bits per heavy atom. The number of hydrogen-bond donors (Lipinski definition) is 2. The van der Waals surface area contributed by atoms with Crippen LogP contribution in [0.25, 0.3) is 10.9 Å². The number of carbonyl (C=O) groups excluding carboxylic acids is 1. The number of fused-ring (bicyclic) bond motifs is 1. The molecule has 6 heteroatoms. The highest BCUT2D eigenvalue weighted by Gasteiger charge is 2.16. The molecule has 0 saturated heterocycles. The Labute approximate surface area is 145 Å². The molecule has 1 fully saturated rings. The molecule has 4 rings (SSSR count). The summed E-state index contributed by atoms with van der Waals surface area (Å²) in [6.07, 6.45) is 6.55. The Bertz CT molecular complexity index is 882. The fraction of sp³-hybridized carbons (Fsp3) is 0.263. The van der Waals surface area contributed by atoms with Crippen molar-refractivity contribution in [2.24, 2.45) is 0 Å². The molecule has 0 atom stereocenters. The second kappa shape index (κ2) is 6.84. The summed E-state index contributed by atoms with van der Waals surface area (Å²) in [6.45, 7) is 0. The number of carbonyl (C=O) groups is 1. The van der Waals surface area contributed by atoms with Crippen molar-refractivity contribution in [3.8, 4) is 0 Å². The van der Waals surface area contributed by atoms with Gasteiger partial charge in [0, 0.05) is 17.6 Å². The van der Waals surface area contributed by atoms with Crippen LogP contribution in [0.2, 0.25) is 0 Å². The van der Waals surface area contributed by atoms with Crippen molar-refractivity contribution in [2.75, 3.05) is 10.6 Å². The minimum atomic E-state index is -0.293. The number of para-hydroxylation sites is 1. The van der Waals surface area contributed by atoms with Gasteiger partial charge in [0.2, 0.25) is 0 Å². The zero-order valence-electron chi connectivity index (χ0n) is 13.8. The Morgan fingerprint density at radius 3 is 2.64 bits per heavy atom. The number of rotatable bonds is 4. The van der Waals surface area contributed by atoms with Gasteiger partial charge < -0.3 is 10.6 Å². The monoisotopic (exact) mass is 333 g/mol. The summed E-state index contributed by atoms with van der Waals surface area (Å²) in [5.74, 6) is 0.424. The molecule has 25 heavy (non-hydrogen) atoms. The van der Waals surface area contributed by atoms with Crippen LogP contribution in [0.4, 0.5) is 11.5 Å². The first-order valence-corrected chi connectivity index (χ1v) is 8.55. The van der Waals surface area contributed by atoms with Gasteiger partial charge in [-0.1, -0.05) is 31.0 Å². The van der Waals surface area contributed by atoms with Gasteiger partial charge in [-0.25, -0.2) is 0 Å². The van der Waals surface area contributed by atoms with E-state index in [0.29, 0.717) is 11.7 Å². The number of benzene rings is 1. The van der Waals surface area contributed by atoms with Crippen molar-refractivity contribution < 1.29 is 4.79 Å². The molecular weight excluding hydrogens is 314 g/mol. The SMILES string of the molecule is O=C(Nc1cccc2cccnc12)c1ccc(NC2CCCC2)nn1. The first-order chi connectivity index (χ1) is 12.3. The molecule has 2 N–H and O–H groups in total. The lowest BCUT2D eigenvalue weighted by Crippen LogP contribution is -2.18. The molecule has 2 aromatic heterocycles. The van der Waals surface area contributed by atoms with E-state index in [2.05, 4.69) is 25.8 Å². The van der Waals surface area contributed by atoms with Crippen molar-refractivity contribution in [1.29, 1.82) is 0 Å². The predicted octanol–water partition coefficient (Wildman–Crippen LogP) is 3.63. The third kappa shape index (κ3) is 3.42. The maximum atomic E-state index is 12.5. The fourth-order valence-corrected chi connectivity index (χ4v) is 3.20. The molecule has 6 nitrogen and oxygen atoms in total. The van der Waals surface area contributed by atoms with E-state index in [1.807, 2.05) is 36.4 Å². The van der Waals surface area contributed by atoms with E-state index < -0.39 is 0 Å². The molecule has 0 aliphatic heterocycles. The molecular formula is C19H19N5O. The molecule has 1 aromatic carbocycles. The average Bonchev–Trinajstić information content (AvgIpc) is 3.16. The van der Waals surface area contributed by atoms with Crippen LogP contribution in [0.3, 0.4) is 0 Å². The van der Waals surface area contributed by atoms with Gasteiger partial charge in [0.1, 0.15) is 5.82 Å². The maximum absolute atomic E-state index is 12.5. The van der Waals surface area contributed by atoms with Crippen LogP contribution >= 0.6 is 0 Å². The summed E-state index contributed by atoms with van der Waals surface area (Å²) in [6, 6.07) is 13.5. The van der Waals surface area contributed by atoms with Gasteiger partial charge in [-0.2, -0.15) is 0 Å². The zero-order valence-corrected chi connectivity index (χ0v) is 13.8. The Kier molecular flexibility index (Phi) is 4.24. The van der Waals surface area contributed by atoms with Crippen molar-refractivity contribution in [3.05, 3.63) is 54.4 Å². The summed E-state index contributed by atoms with van der Waals surface area (Å²) in [5.41, 5.74) is 1.70. The standard InChI is InChI=1S/C19H19N5O/c25-19(22-15-9-3-5-13-6-4-12-20-18(13)15)16-10-11-17(24-23-16)21-14-7-1-2-8-14/h3-6,9-12,14H,1-2,7-8H2,(H,21,24)(H,22,25). The smallest absolute Gasteiger partial charge is 0.276 e. The summed E-state index contributed by atoms with van der Waals surface area (Å²) in [5, 5.41) is 15.4. The average molecular weight is 333 g/mol. The molecule has 1 aliphatic rings. The third-order valence-corrected chi connectivity index (χ3v) is 4.49. The Hall–Kier alpha value is -3.02. The van der Waals surface area contributed by atoms with E-state index in [1.165, 1.54) is 12.8 Å². The van der Waals surface area contributed by atoms with E-state index in [0.717, 1.165) is 29.6 Å². The highest BCUT2D eigenvalue weighted by atomic mass is 16.1. The highest BCUT2D eigenvalue weighted by Crippen LogP contribution is 2.22. The number of hydrogen-bond acceptors (Lipinski definition) is 5. The van der Waals surface area contributed by atoms with Crippen LogP contribution in [-0.2, 0) is 0 Å². The molecule has 2 heterocycles. The van der Waals surface area contributed by atoms with Crippen LogP contribution in [0.5, 0.6) is 0 Å². The Balaban J connectivity index is 1.48. The van der Waals surface area contributed by atoms with Crippen LogP contribution in [0.15, 0.2) is 48.7 Å². The third-order valence-electron chi connectivity index (χ3n) is 4.49. The molecule has 3 aromatic rings. The molecule has 1 amide bonds. The minimum Gasteiger partial charge on any atom is -0.366 e. The van der Waals surface area contributed by atoms with Gasteiger partial charge in [-0.05, 0) is 37.1 Å². The van der Waals surface area contributed by atoms with E-state index in [9.17, 15) is 4.79 Å². The molecule has 1 saturated carbocycles. The van der Waals surface area contributed by atoms with Crippen molar-refractivity contribution in [3.63, 3.8) is 0 Å². The van der Waals surface area contributed by atoms with Crippen molar-refractivity contribution >= 4 is 28.3 Å². The van der Waals surface area contributed by atoms with E-state index in [-0.39, 0.29) is 11.6 Å². The predicted molar refractivity (Wildman–Crippen MR) is 97.6 cm³/mol. The second-order valence-electron chi connectivity index (χ2n) is 6.26. The molecule has 1 aliphatic carbocycles. The zero-order chi connectivity index (χ0) is 17.1. The van der Waals surface area contributed by atoms with Gasteiger partial charge in [0.05, 0.1) is 11.2 Å². The normalized spacial score (nSPS) is 14.6. The molecule has 126 valence electrons. The lowest BCUT2D eigenvalue weighted by atomic mass is 10.2. The highest BCUT2D eigenvalue weighted by molar-refractivity contribution is 6.07. The minimum absolute atomic E-state index is 0.282. The topological polar surface area (TPSA) is 79.8 Å². The number of nitrogens with zero attached hydrogens (tertiary/aromatic N) is 3. The van der Waals surface area contributed by atoms with Crippen molar-refractivity contribution in [1.82, 2.24) is 15.2 Å². The van der Waals surface area contributed by atoms with Gasteiger partial charge >= 0.3 is 0 Å². The first-order valence-electron chi connectivity index (χ1n) is 8.55. The number of amides is 1. The van der Waals surface area contributed by atoms with Gasteiger partial charge in [-0.15, -0.1) is 10.2 Å². The number of anilines is 2. The van der Waals surface area contributed by atoms with Crippen LogP contribution < -0.4 is 10.6 Å². The number of pyridine rings is 1. The van der Waals surface area contributed by atoms with Crippen LogP contribution in [0.1, 0.15) is 36.2 Å². The van der Waals surface area contributed by atoms with Crippen LogP contribution in [-0.4, -0.2) is 27.1 Å². The molecule has 0 bridgehead atoms. The second-order valence-corrected chi connectivity index (χ2v) is 6.26. The summed E-state index contributed by atoms with van der Waals surface area (Å²) in [4.78, 5) is 16.8. The van der Waals surface area contributed by atoms with Gasteiger partial charge in [-0.3, -0.25) is 9.78 Å². The summed E-state index contributed by atoms with van der Waals surface area (Å²) in [7, 11) is 0. The first kappa shape index (κ1) is 15.5. The molecule has 0 radical (unpaired) electrons. The maximum Gasteiger partial charge on any atom is 0.276 e. The van der Waals surface area contributed by atoms with E-state index in [1.54, 1.807) is 12.3 Å². The lowest BCUT2D eigenvalue weighted by Gasteiger charge is -2.12. The van der Waals surface area contributed by atoms with Gasteiger partial charge in [0.25, 0.3) is 5.91 Å². The van der Waals surface area contributed by atoms with Crippen molar-refractivity contribution in [2.45, 2.75) is 31.7 Å². The summed E-state index contributed by atoms with van der Waals surface area (Å²) >= 11 is 0. The number of aromatic nitrogens is 3. The van der Waals surface area contributed by atoms with Gasteiger partial charge in [0.15, 0.2) is 5.69 Å². The summed E-state index contributed by atoms with van der Waals surface area (Å²) < 4.78 is 0. The largest absolute Gasteiger partial charge is 0.366 e. The fourth-order valence-electron chi connectivity index (χ4n) is 3.20. The Morgan fingerprint density at radius 2 is 1.84 bits per heavy atom. The molecule has 0 unspecified atom stereocenters. The number of nitrogens with one attached hydrogen (secondary N) is 2. The quantitative estimate of drug-likeness (QED) is 0.762. The van der Waals surface area contributed by atoms with E-state index >= 15 is 0 Å². The van der Waals surface area contributed by atoms with E-state index in [4.69, 9.17) is 0 Å². The molecule has 0 spiro atoms. The lowest BCUT2D eigenvalue weighted by molar-refractivity contribution is 0.102. The van der Waals surface area contributed by atoms with Crippen LogP contribution in [0, 0.1) is 0 Å².